The second kappa shape index (κ2) is 7.12. The Balaban J connectivity index is 2.69. The van der Waals surface area contributed by atoms with E-state index in [1.165, 1.54) is 11.3 Å². The first-order chi connectivity index (χ1) is 9.26. The summed E-state index contributed by atoms with van der Waals surface area (Å²) in [7, 11) is -1.71. The summed E-state index contributed by atoms with van der Waals surface area (Å²) in [5.74, 6) is 1.18. The lowest BCUT2D eigenvalue weighted by Gasteiger charge is -2.37. The molecule has 1 aromatic rings. The molecule has 1 nitrogen and oxygen atoms in total. The molecule has 0 N–H and O–H groups in total. The molecule has 0 heterocycles. The first-order valence-electron chi connectivity index (χ1n) is 7.68. The number of allylic oxidation sites excluding steroid dienone is 2. The molecule has 2 heteroatoms. The molecular formula is C18H30OSi. The van der Waals surface area contributed by atoms with E-state index in [0.29, 0.717) is 0 Å². The highest BCUT2D eigenvalue weighted by Crippen LogP contribution is 2.38. The zero-order valence-corrected chi connectivity index (χ0v) is 15.0. The van der Waals surface area contributed by atoms with Gasteiger partial charge in [0.2, 0.25) is 8.32 Å². The van der Waals surface area contributed by atoms with Gasteiger partial charge in [0.25, 0.3) is 0 Å². The van der Waals surface area contributed by atoms with E-state index in [-0.39, 0.29) is 5.04 Å². The van der Waals surface area contributed by atoms with Gasteiger partial charge in [-0.25, -0.2) is 0 Å². The Kier molecular flexibility index (Phi) is 6.06. The summed E-state index contributed by atoms with van der Waals surface area (Å²) in [6.07, 6.45) is 5.35. The lowest BCUT2D eigenvalue weighted by molar-refractivity contribution is 0.364. The van der Waals surface area contributed by atoms with Crippen LogP contribution in [-0.2, 0) is 10.8 Å². The van der Waals surface area contributed by atoms with Crippen LogP contribution in [0.4, 0.5) is 0 Å². The molecule has 0 saturated carbocycles. The zero-order valence-electron chi connectivity index (χ0n) is 14.0. The van der Waals surface area contributed by atoms with Crippen molar-refractivity contribution in [3.8, 4) is 0 Å². The van der Waals surface area contributed by atoms with Crippen LogP contribution in [0.2, 0.25) is 18.1 Å². The number of hydrogen-bond donors (Lipinski definition) is 0. The Bertz CT molecular complexity index is 426. The van der Waals surface area contributed by atoms with Gasteiger partial charge in [-0.05, 0) is 42.6 Å². The average Bonchev–Trinajstić information content (AvgIpc) is 2.36. The minimum atomic E-state index is -1.71. The molecule has 0 aliphatic heterocycles. The maximum atomic E-state index is 6.46. The van der Waals surface area contributed by atoms with Gasteiger partial charge in [0.05, 0.1) is 5.76 Å². The molecule has 0 saturated heterocycles. The Morgan fingerprint density at radius 3 is 2.25 bits per heavy atom. The van der Waals surface area contributed by atoms with Crippen LogP contribution in [0.15, 0.2) is 42.2 Å². The third kappa shape index (κ3) is 5.16. The predicted molar refractivity (Wildman–Crippen MR) is 91.4 cm³/mol. The smallest absolute Gasteiger partial charge is 0.250 e. The minimum Gasteiger partial charge on any atom is -0.547 e. The third-order valence-electron chi connectivity index (χ3n) is 4.13. The third-order valence-corrected chi connectivity index (χ3v) is 8.51. The number of rotatable bonds is 6. The van der Waals surface area contributed by atoms with Gasteiger partial charge in [0, 0.05) is 6.42 Å². The molecule has 1 rings (SSSR count). The van der Waals surface area contributed by atoms with Gasteiger partial charge in [-0.15, -0.1) is 0 Å². The Morgan fingerprint density at radius 1 is 1.15 bits per heavy atom. The fourth-order valence-corrected chi connectivity index (χ4v) is 2.96. The summed E-state index contributed by atoms with van der Waals surface area (Å²) in [5, 5.41) is 0.257. The summed E-state index contributed by atoms with van der Waals surface area (Å²) in [6.45, 7) is 13.7. The molecule has 0 aliphatic carbocycles. The van der Waals surface area contributed by atoms with Crippen molar-refractivity contribution in [2.24, 2.45) is 0 Å². The minimum absolute atomic E-state index is 0.257. The van der Waals surface area contributed by atoms with Crippen molar-refractivity contribution in [1.82, 2.24) is 0 Å². The molecule has 0 spiro atoms. The van der Waals surface area contributed by atoms with E-state index >= 15 is 0 Å². The number of aryl methyl sites for hydroxylation is 1. The predicted octanol–water partition coefficient (Wildman–Crippen LogP) is 5.93. The molecule has 0 radical (unpaired) electrons. The van der Waals surface area contributed by atoms with E-state index in [1.54, 1.807) is 0 Å². The molecule has 0 unspecified atom stereocenters. The molecule has 0 aromatic heterocycles. The Hall–Kier alpha value is -1.02. The molecular weight excluding hydrogens is 260 g/mol. The van der Waals surface area contributed by atoms with Crippen molar-refractivity contribution in [2.75, 3.05) is 0 Å². The monoisotopic (exact) mass is 290 g/mol. The molecule has 0 amide bonds. The number of benzene rings is 1. The van der Waals surface area contributed by atoms with E-state index in [1.807, 2.05) is 0 Å². The standard InChI is InChI=1S/C18H30OSi/c1-7-11-17(19-20(5,6)18(2,3)4)15-14-16-12-9-8-10-13-16/h8-13H,7,14-15H2,1-6H3/b17-11-. The normalized spacial score (nSPS) is 13.4. The fraction of sp³-hybridized carbons (Fsp3) is 0.556. The Morgan fingerprint density at radius 2 is 1.75 bits per heavy atom. The average molecular weight is 291 g/mol. The lowest BCUT2D eigenvalue weighted by atomic mass is 10.1. The van der Waals surface area contributed by atoms with Crippen molar-refractivity contribution >= 4 is 8.32 Å². The van der Waals surface area contributed by atoms with Crippen LogP contribution in [0, 0.1) is 0 Å². The van der Waals surface area contributed by atoms with Crippen LogP contribution >= 0.6 is 0 Å². The first-order valence-corrected chi connectivity index (χ1v) is 10.6. The van der Waals surface area contributed by atoms with Gasteiger partial charge >= 0.3 is 0 Å². The quantitative estimate of drug-likeness (QED) is 0.465. The molecule has 0 atom stereocenters. The van der Waals surface area contributed by atoms with Crippen LogP contribution in [-0.4, -0.2) is 8.32 Å². The van der Waals surface area contributed by atoms with Crippen LogP contribution in [0.1, 0.15) is 46.1 Å². The van der Waals surface area contributed by atoms with Crippen LogP contribution in [0.3, 0.4) is 0 Å². The molecule has 1 aromatic carbocycles. The summed E-state index contributed by atoms with van der Waals surface area (Å²) in [4.78, 5) is 0. The molecule has 20 heavy (non-hydrogen) atoms. The van der Waals surface area contributed by atoms with Gasteiger partial charge in [0.15, 0.2) is 0 Å². The first kappa shape index (κ1) is 17.0. The van der Waals surface area contributed by atoms with Crippen LogP contribution < -0.4 is 0 Å². The van der Waals surface area contributed by atoms with E-state index in [9.17, 15) is 0 Å². The van der Waals surface area contributed by atoms with Crippen molar-refractivity contribution in [2.45, 2.75) is 65.1 Å². The van der Waals surface area contributed by atoms with E-state index in [0.717, 1.165) is 19.3 Å². The second-order valence-corrected chi connectivity index (χ2v) is 11.7. The maximum absolute atomic E-state index is 6.46. The SMILES string of the molecule is CC/C=C(/CCc1ccccc1)O[Si](C)(C)C(C)(C)C. The Labute approximate surface area is 126 Å². The van der Waals surface area contributed by atoms with Gasteiger partial charge in [-0.3, -0.25) is 0 Å². The highest BCUT2D eigenvalue weighted by molar-refractivity contribution is 6.74. The van der Waals surface area contributed by atoms with Crippen LogP contribution in [0.25, 0.3) is 0 Å². The van der Waals surface area contributed by atoms with Crippen molar-refractivity contribution in [1.29, 1.82) is 0 Å². The lowest BCUT2D eigenvalue weighted by Crippen LogP contribution is -2.40. The highest BCUT2D eigenvalue weighted by atomic mass is 28.4. The summed E-state index contributed by atoms with van der Waals surface area (Å²) in [6, 6.07) is 10.7. The van der Waals surface area contributed by atoms with Gasteiger partial charge in [-0.1, -0.05) is 58.0 Å². The highest BCUT2D eigenvalue weighted by Gasteiger charge is 2.39. The van der Waals surface area contributed by atoms with E-state index < -0.39 is 8.32 Å². The van der Waals surface area contributed by atoms with Crippen molar-refractivity contribution in [3.63, 3.8) is 0 Å². The molecule has 0 aliphatic rings. The summed E-state index contributed by atoms with van der Waals surface area (Å²) < 4.78 is 6.46. The molecule has 0 bridgehead atoms. The van der Waals surface area contributed by atoms with E-state index in [2.05, 4.69) is 77.2 Å². The van der Waals surface area contributed by atoms with Gasteiger partial charge < -0.3 is 4.43 Å². The zero-order chi connectivity index (χ0) is 15.2. The molecule has 112 valence electrons. The topological polar surface area (TPSA) is 9.23 Å². The fourth-order valence-electron chi connectivity index (χ4n) is 1.82. The van der Waals surface area contributed by atoms with Crippen LogP contribution in [0.5, 0.6) is 0 Å². The van der Waals surface area contributed by atoms with E-state index in [4.69, 9.17) is 4.43 Å². The maximum Gasteiger partial charge on any atom is 0.250 e. The number of hydrogen-bond acceptors (Lipinski definition) is 1. The second-order valence-electron chi connectivity index (χ2n) is 6.93. The summed E-state index contributed by atoms with van der Waals surface area (Å²) in [5.41, 5.74) is 1.38. The largest absolute Gasteiger partial charge is 0.547 e. The van der Waals surface area contributed by atoms with Crippen molar-refractivity contribution < 1.29 is 4.43 Å². The summed E-state index contributed by atoms with van der Waals surface area (Å²) >= 11 is 0. The molecule has 0 fully saturated rings. The van der Waals surface area contributed by atoms with Gasteiger partial charge in [-0.2, -0.15) is 0 Å². The van der Waals surface area contributed by atoms with Gasteiger partial charge in [0.1, 0.15) is 0 Å². The van der Waals surface area contributed by atoms with Crippen molar-refractivity contribution in [3.05, 3.63) is 47.7 Å².